The van der Waals surface area contributed by atoms with E-state index in [-0.39, 0.29) is 16.9 Å². The van der Waals surface area contributed by atoms with Gasteiger partial charge in [-0.25, -0.2) is 0 Å². The Kier molecular flexibility index (Phi) is 8.87. The van der Waals surface area contributed by atoms with Gasteiger partial charge in [0.05, 0.1) is 13.2 Å². The predicted molar refractivity (Wildman–Crippen MR) is 142 cm³/mol. The van der Waals surface area contributed by atoms with Gasteiger partial charge >= 0.3 is 0 Å². The number of aliphatic hydroxyl groups is 7. The molecular weight excluding hydrogens is 596 g/mol. The summed E-state index contributed by atoms with van der Waals surface area (Å²) in [4.78, 5) is 12.8. The van der Waals surface area contributed by atoms with Gasteiger partial charge in [-0.1, -0.05) is 0 Å². The van der Waals surface area contributed by atoms with E-state index in [0.717, 1.165) is 24.3 Å². The third-order valence-corrected chi connectivity index (χ3v) is 7.36. The van der Waals surface area contributed by atoms with Crippen molar-refractivity contribution in [2.24, 2.45) is 0 Å². The summed E-state index contributed by atoms with van der Waals surface area (Å²) in [6.45, 7) is -1.33. The molecule has 0 aliphatic carbocycles. The van der Waals surface area contributed by atoms with Crippen LogP contribution >= 0.6 is 0 Å². The number of aromatic hydroxyl groups is 4. The molecule has 2 aromatic carbocycles. The van der Waals surface area contributed by atoms with Crippen LogP contribution in [-0.2, 0) is 14.2 Å². The molecule has 0 radical (unpaired) electrons. The highest BCUT2D eigenvalue weighted by molar-refractivity contribution is 5.88. The number of hydrogen-bond donors (Lipinski definition) is 11. The van der Waals surface area contributed by atoms with E-state index < -0.39 is 114 Å². The number of ether oxygens (including phenoxy) is 4. The maximum atomic E-state index is 12.8. The van der Waals surface area contributed by atoms with Gasteiger partial charge in [0.25, 0.3) is 0 Å². The first-order chi connectivity index (χ1) is 20.8. The number of aliphatic hydroxyl groups excluding tert-OH is 7. The maximum Gasteiger partial charge on any atom is 0.238 e. The van der Waals surface area contributed by atoms with Crippen molar-refractivity contribution in [2.45, 2.75) is 61.4 Å². The van der Waals surface area contributed by atoms with Crippen molar-refractivity contribution in [3.05, 3.63) is 40.6 Å². The van der Waals surface area contributed by atoms with E-state index in [1.54, 1.807) is 0 Å². The molecule has 5 rings (SSSR count). The van der Waals surface area contributed by atoms with Crippen LogP contribution in [0, 0.1) is 0 Å². The van der Waals surface area contributed by atoms with Crippen LogP contribution in [0.15, 0.2) is 39.5 Å². The molecule has 1 aromatic heterocycles. The molecular formula is C27H30O17. The Hall–Kier alpha value is -3.75. The van der Waals surface area contributed by atoms with Crippen molar-refractivity contribution in [1.82, 2.24) is 0 Å². The number of rotatable bonds is 7. The molecule has 44 heavy (non-hydrogen) atoms. The monoisotopic (exact) mass is 626 g/mol. The molecule has 2 fully saturated rings. The van der Waals surface area contributed by atoms with Crippen molar-refractivity contribution in [3.8, 4) is 40.1 Å². The molecule has 0 amide bonds. The predicted octanol–water partition coefficient (Wildman–Crippen LogP) is -2.71. The molecule has 11 N–H and O–H groups in total. The second-order valence-electron chi connectivity index (χ2n) is 10.3. The fourth-order valence-corrected chi connectivity index (χ4v) is 4.87. The summed E-state index contributed by atoms with van der Waals surface area (Å²) in [5, 5.41) is 111. The van der Waals surface area contributed by atoms with Gasteiger partial charge in [-0.15, -0.1) is 0 Å². The third-order valence-electron chi connectivity index (χ3n) is 7.36. The van der Waals surface area contributed by atoms with E-state index in [0.29, 0.717) is 0 Å². The van der Waals surface area contributed by atoms with E-state index in [9.17, 15) is 61.0 Å². The van der Waals surface area contributed by atoms with Gasteiger partial charge in [0.2, 0.25) is 17.5 Å². The summed E-state index contributed by atoms with van der Waals surface area (Å²) < 4.78 is 27.4. The van der Waals surface area contributed by atoms with Gasteiger partial charge in [-0.2, -0.15) is 0 Å². The quantitative estimate of drug-likeness (QED) is 0.119. The van der Waals surface area contributed by atoms with Gasteiger partial charge < -0.3 is 79.5 Å². The summed E-state index contributed by atoms with van der Waals surface area (Å²) in [7, 11) is 0. The maximum absolute atomic E-state index is 12.8. The molecule has 2 aliphatic heterocycles. The molecule has 17 heteroatoms. The molecule has 3 heterocycles. The minimum Gasteiger partial charge on any atom is -0.507 e. The van der Waals surface area contributed by atoms with Crippen molar-refractivity contribution in [1.29, 1.82) is 0 Å². The summed E-state index contributed by atoms with van der Waals surface area (Å²) in [6.07, 6.45) is -16.7. The lowest BCUT2D eigenvalue weighted by molar-refractivity contribution is -0.323. The zero-order valence-corrected chi connectivity index (χ0v) is 22.4. The average Bonchev–Trinajstić information content (AvgIpc) is 2.99. The summed E-state index contributed by atoms with van der Waals surface area (Å²) in [6, 6.07) is 5.36. The topological polar surface area (TPSA) is 290 Å². The van der Waals surface area contributed by atoms with E-state index >= 15 is 0 Å². The Morgan fingerprint density at radius 2 is 1.34 bits per heavy atom. The van der Waals surface area contributed by atoms with Crippen LogP contribution in [0.3, 0.4) is 0 Å². The highest BCUT2D eigenvalue weighted by Gasteiger charge is 2.48. The van der Waals surface area contributed by atoms with Crippen LogP contribution in [-0.4, -0.2) is 131 Å². The van der Waals surface area contributed by atoms with Gasteiger partial charge in [-0.05, 0) is 18.2 Å². The third kappa shape index (κ3) is 5.73. The highest BCUT2D eigenvalue weighted by atomic mass is 16.7. The van der Waals surface area contributed by atoms with Gasteiger partial charge in [0, 0.05) is 17.7 Å². The zero-order valence-electron chi connectivity index (χ0n) is 22.4. The fraction of sp³-hybridized carbons (Fsp3) is 0.444. The number of phenolic OH excluding ortho intramolecular Hbond substituents is 3. The second kappa shape index (κ2) is 12.3. The number of benzene rings is 2. The van der Waals surface area contributed by atoms with Gasteiger partial charge in [0.15, 0.2) is 23.5 Å². The van der Waals surface area contributed by atoms with Gasteiger partial charge in [0.1, 0.15) is 71.3 Å². The number of fused-ring (bicyclic) bond motifs is 1. The van der Waals surface area contributed by atoms with Crippen LogP contribution < -0.4 is 10.2 Å². The number of phenols is 3. The summed E-state index contributed by atoms with van der Waals surface area (Å²) in [5.41, 5.74) is -1.37. The van der Waals surface area contributed by atoms with Crippen molar-refractivity contribution < 1.29 is 79.5 Å². The van der Waals surface area contributed by atoms with Gasteiger partial charge in [-0.3, -0.25) is 4.79 Å². The number of hydrogen-bond acceptors (Lipinski definition) is 17. The van der Waals surface area contributed by atoms with Crippen LogP contribution in [0.25, 0.3) is 22.3 Å². The van der Waals surface area contributed by atoms with E-state index in [1.807, 2.05) is 0 Å². The summed E-state index contributed by atoms with van der Waals surface area (Å²) >= 11 is 0. The molecule has 0 saturated carbocycles. The first-order valence-corrected chi connectivity index (χ1v) is 13.2. The zero-order chi connectivity index (χ0) is 32.0. The normalized spacial score (nSPS) is 32.5. The first-order valence-electron chi connectivity index (χ1n) is 13.2. The molecule has 0 spiro atoms. The van der Waals surface area contributed by atoms with E-state index in [4.69, 9.17) is 23.4 Å². The largest absolute Gasteiger partial charge is 0.507 e. The molecule has 10 atom stereocenters. The lowest BCUT2D eigenvalue weighted by atomic mass is 9.98. The Morgan fingerprint density at radius 1 is 0.705 bits per heavy atom. The molecule has 2 saturated heterocycles. The second-order valence-corrected chi connectivity index (χ2v) is 10.3. The fourth-order valence-electron chi connectivity index (χ4n) is 4.87. The van der Waals surface area contributed by atoms with Crippen LogP contribution in [0.2, 0.25) is 0 Å². The molecule has 240 valence electrons. The molecule has 0 bridgehead atoms. The van der Waals surface area contributed by atoms with Crippen molar-refractivity contribution in [2.75, 3.05) is 13.2 Å². The molecule has 3 aromatic rings. The van der Waals surface area contributed by atoms with Crippen molar-refractivity contribution in [3.63, 3.8) is 0 Å². The van der Waals surface area contributed by atoms with E-state index in [1.165, 1.54) is 6.07 Å². The lowest BCUT2D eigenvalue weighted by Gasteiger charge is -2.42. The SMILES string of the molecule is O=c1c(O)c(-c2ccc(O)c(O)c2)oc2cc(OC3OC(COC4OC(CO)C(O)C(O)C4O)C(O)C(O)C3O)cc(O)c12. The standard InChI is InChI=1S/C27H30O17/c28-6-14-17(32)20(35)23(38)26(43-14)40-7-15-18(33)21(36)24(39)27(44-15)41-9-4-12(31)16-13(5-9)42-25(22(37)19(16)34)8-1-2-10(29)11(30)3-8/h1-5,14-15,17-18,20-21,23-24,26-33,35-39H,6-7H2. The molecule has 17 nitrogen and oxygen atoms in total. The Balaban J connectivity index is 1.38. The Labute approximate surface area is 246 Å². The minimum absolute atomic E-state index is 0.00648. The Bertz CT molecular complexity index is 1560. The lowest BCUT2D eigenvalue weighted by Crippen LogP contribution is -2.62. The van der Waals surface area contributed by atoms with Crippen LogP contribution in [0.4, 0.5) is 0 Å². The van der Waals surface area contributed by atoms with E-state index in [2.05, 4.69) is 0 Å². The Morgan fingerprint density at radius 3 is 2.00 bits per heavy atom. The summed E-state index contributed by atoms with van der Waals surface area (Å²) in [5.74, 6) is -3.36. The smallest absolute Gasteiger partial charge is 0.238 e. The highest BCUT2D eigenvalue weighted by Crippen LogP contribution is 2.38. The minimum atomic E-state index is -1.87. The molecule has 2 aliphatic rings. The first kappa shape index (κ1) is 31.7. The van der Waals surface area contributed by atoms with Crippen LogP contribution in [0.1, 0.15) is 0 Å². The molecule has 10 unspecified atom stereocenters. The van der Waals surface area contributed by atoms with Crippen molar-refractivity contribution >= 4 is 11.0 Å². The average molecular weight is 627 g/mol. The van der Waals surface area contributed by atoms with Crippen LogP contribution in [0.5, 0.6) is 28.7 Å².